The average molecular weight is 265 g/mol. The first kappa shape index (κ1) is 11.1. The van der Waals surface area contributed by atoms with Gasteiger partial charge in [-0.2, -0.15) is 0 Å². The minimum absolute atomic E-state index is 0.387. The summed E-state index contributed by atoms with van der Waals surface area (Å²) in [4.78, 5) is 5.72. The van der Waals surface area contributed by atoms with Gasteiger partial charge in [0.05, 0.1) is 22.3 Å². The zero-order valence-electron chi connectivity index (χ0n) is 9.53. The van der Waals surface area contributed by atoms with Gasteiger partial charge in [-0.1, -0.05) is 11.6 Å². The summed E-state index contributed by atoms with van der Waals surface area (Å²) in [6.07, 6.45) is 4.16. The van der Waals surface area contributed by atoms with Gasteiger partial charge >= 0.3 is 0 Å². The molecule has 1 aliphatic carbocycles. The van der Waals surface area contributed by atoms with Crippen LogP contribution in [0.25, 0.3) is 0 Å². The van der Waals surface area contributed by atoms with Gasteiger partial charge in [0, 0.05) is 10.6 Å². The molecule has 2 aromatic heterocycles. The van der Waals surface area contributed by atoms with Crippen molar-refractivity contribution in [2.75, 3.05) is 5.32 Å². The highest BCUT2D eigenvalue weighted by Crippen LogP contribution is 2.40. The summed E-state index contributed by atoms with van der Waals surface area (Å²) >= 11 is 7.75. The monoisotopic (exact) mass is 264 g/mol. The largest absolute Gasteiger partial charge is 0.377 e. The predicted molar refractivity (Wildman–Crippen MR) is 73.0 cm³/mol. The van der Waals surface area contributed by atoms with E-state index in [1.54, 1.807) is 11.3 Å². The fraction of sp³-hybridized carbons (Fsp3) is 0.308. The predicted octanol–water partition coefficient (Wildman–Crippen LogP) is 4.20. The standard InChI is InChI=1S/C13H13ClN2S/c1-8-2-3-9(7-15-8)16-11-4-5-12-10(11)6-13(14)17-12/h2-3,6-7,11,16H,4-5H2,1H3. The smallest absolute Gasteiger partial charge is 0.0934 e. The molecule has 88 valence electrons. The first-order valence-electron chi connectivity index (χ1n) is 5.69. The van der Waals surface area contributed by atoms with Crippen LogP contribution in [-0.4, -0.2) is 4.98 Å². The molecule has 17 heavy (non-hydrogen) atoms. The first-order valence-corrected chi connectivity index (χ1v) is 6.89. The van der Waals surface area contributed by atoms with Gasteiger partial charge in [-0.3, -0.25) is 4.98 Å². The number of aryl methyl sites for hydroxylation is 2. The summed E-state index contributed by atoms with van der Waals surface area (Å²) in [7, 11) is 0. The third-order valence-corrected chi connectivity index (χ3v) is 4.44. The molecule has 3 rings (SSSR count). The number of anilines is 1. The Morgan fingerprint density at radius 1 is 1.47 bits per heavy atom. The van der Waals surface area contributed by atoms with E-state index in [9.17, 15) is 0 Å². The molecule has 0 aromatic carbocycles. The molecule has 0 spiro atoms. The van der Waals surface area contributed by atoms with Gasteiger partial charge in [-0.05, 0) is 43.5 Å². The second-order valence-electron chi connectivity index (χ2n) is 4.35. The second kappa shape index (κ2) is 4.31. The quantitative estimate of drug-likeness (QED) is 0.879. The van der Waals surface area contributed by atoms with E-state index in [-0.39, 0.29) is 0 Å². The zero-order valence-corrected chi connectivity index (χ0v) is 11.1. The molecule has 1 unspecified atom stereocenters. The van der Waals surface area contributed by atoms with Crippen LogP contribution in [-0.2, 0) is 6.42 Å². The molecule has 0 saturated heterocycles. The van der Waals surface area contributed by atoms with E-state index in [2.05, 4.69) is 22.4 Å². The van der Waals surface area contributed by atoms with Crippen LogP contribution in [0.3, 0.4) is 0 Å². The van der Waals surface area contributed by atoms with Gasteiger partial charge < -0.3 is 5.32 Å². The first-order chi connectivity index (χ1) is 8.22. The van der Waals surface area contributed by atoms with Gasteiger partial charge in [0.15, 0.2) is 0 Å². The lowest BCUT2D eigenvalue weighted by Gasteiger charge is -2.14. The van der Waals surface area contributed by atoms with Gasteiger partial charge in [-0.25, -0.2) is 0 Å². The maximum Gasteiger partial charge on any atom is 0.0934 e. The summed E-state index contributed by atoms with van der Waals surface area (Å²) < 4.78 is 0.892. The van der Waals surface area contributed by atoms with E-state index in [4.69, 9.17) is 11.6 Å². The van der Waals surface area contributed by atoms with Crippen LogP contribution in [0.4, 0.5) is 5.69 Å². The van der Waals surface area contributed by atoms with E-state index in [1.165, 1.54) is 10.4 Å². The highest BCUT2D eigenvalue weighted by atomic mass is 35.5. The maximum absolute atomic E-state index is 6.05. The Kier molecular flexibility index (Phi) is 2.81. The van der Waals surface area contributed by atoms with Crippen LogP contribution in [0.2, 0.25) is 4.34 Å². The van der Waals surface area contributed by atoms with Crippen molar-refractivity contribution in [1.29, 1.82) is 0 Å². The summed E-state index contributed by atoms with van der Waals surface area (Å²) in [6, 6.07) is 6.58. The number of fused-ring (bicyclic) bond motifs is 1. The van der Waals surface area contributed by atoms with Crippen LogP contribution >= 0.6 is 22.9 Å². The number of halogens is 1. The summed E-state index contributed by atoms with van der Waals surface area (Å²) in [5, 5.41) is 3.52. The molecule has 1 aliphatic rings. The molecule has 1 atom stereocenters. The van der Waals surface area contributed by atoms with E-state index in [0.717, 1.165) is 28.6 Å². The van der Waals surface area contributed by atoms with Crippen molar-refractivity contribution < 1.29 is 0 Å². The Bertz CT molecular complexity index is 533. The number of thiophene rings is 1. The molecule has 0 bridgehead atoms. The molecule has 1 N–H and O–H groups in total. The SMILES string of the molecule is Cc1ccc(NC2CCc3sc(Cl)cc32)cn1. The minimum Gasteiger partial charge on any atom is -0.377 e. The molecular weight excluding hydrogens is 252 g/mol. The van der Waals surface area contributed by atoms with Gasteiger partial charge in [-0.15, -0.1) is 11.3 Å². The van der Waals surface area contributed by atoms with Crippen LogP contribution < -0.4 is 5.32 Å². The molecular formula is C13H13ClN2S. The lowest BCUT2D eigenvalue weighted by molar-refractivity contribution is 0.761. The molecule has 0 saturated carbocycles. The average Bonchev–Trinajstić information content (AvgIpc) is 2.83. The normalized spacial score (nSPS) is 18.1. The number of hydrogen-bond acceptors (Lipinski definition) is 3. The fourth-order valence-electron chi connectivity index (χ4n) is 2.23. The fourth-order valence-corrected chi connectivity index (χ4v) is 3.59. The van der Waals surface area contributed by atoms with Crippen molar-refractivity contribution in [2.24, 2.45) is 0 Å². The highest BCUT2D eigenvalue weighted by Gasteiger charge is 2.24. The molecule has 0 radical (unpaired) electrons. The van der Waals surface area contributed by atoms with E-state index in [0.29, 0.717) is 6.04 Å². The zero-order chi connectivity index (χ0) is 11.8. The van der Waals surface area contributed by atoms with Gasteiger partial charge in [0.1, 0.15) is 0 Å². The molecule has 2 nitrogen and oxygen atoms in total. The number of aromatic nitrogens is 1. The Balaban J connectivity index is 1.81. The molecule has 2 aromatic rings. The summed E-state index contributed by atoms with van der Waals surface area (Å²) in [6.45, 7) is 2.00. The van der Waals surface area contributed by atoms with Crippen LogP contribution in [0, 0.1) is 6.92 Å². The maximum atomic E-state index is 6.05. The van der Waals surface area contributed by atoms with Crippen molar-refractivity contribution in [3.8, 4) is 0 Å². The van der Waals surface area contributed by atoms with Crippen LogP contribution in [0.5, 0.6) is 0 Å². The number of nitrogens with zero attached hydrogens (tertiary/aromatic N) is 1. The van der Waals surface area contributed by atoms with Crippen LogP contribution in [0.15, 0.2) is 24.4 Å². The van der Waals surface area contributed by atoms with E-state index < -0.39 is 0 Å². The highest BCUT2D eigenvalue weighted by molar-refractivity contribution is 7.16. The Hall–Kier alpha value is -1.06. The van der Waals surface area contributed by atoms with E-state index >= 15 is 0 Å². The molecule has 0 fully saturated rings. The third kappa shape index (κ3) is 2.17. The van der Waals surface area contributed by atoms with Gasteiger partial charge in [0.2, 0.25) is 0 Å². The molecule has 0 amide bonds. The summed E-state index contributed by atoms with van der Waals surface area (Å²) in [5.41, 5.74) is 3.48. The number of pyridine rings is 1. The molecule has 0 aliphatic heterocycles. The van der Waals surface area contributed by atoms with Crippen molar-refractivity contribution in [3.63, 3.8) is 0 Å². The van der Waals surface area contributed by atoms with Crippen molar-refractivity contribution in [3.05, 3.63) is 44.9 Å². The van der Waals surface area contributed by atoms with Crippen LogP contribution in [0.1, 0.15) is 28.6 Å². The molecule has 4 heteroatoms. The summed E-state index contributed by atoms with van der Waals surface area (Å²) in [5.74, 6) is 0. The van der Waals surface area contributed by atoms with Gasteiger partial charge in [0.25, 0.3) is 0 Å². The Morgan fingerprint density at radius 2 is 2.35 bits per heavy atom. The molecule has 2 heterocycles. The number of rotatable bonds is 2. The third-order valence-electron chi connectivity index (χ3n) is 3.10. The lowest BCUT2D eigenvalue weighted by atomic mass is 10.1. The second-order valence-corrected chi connectivity index (χ2v) is 6.12. The topological polar surface area (TPSA) is 24.9 Å². The minimum atomic E-state index is 0.387. The number of hydrogen-bond donors (Lipinski definition) is 1. The van der Waals surface area contributed by atoms with Crippen molar-refractivity contribution in [1.82, 2.24) is 4.98 Å². The number of nitrogens with one attached hydrogen (secondary N) is 1. The Labute approximate surface area is 110 Å². The lowest BCUT2D eigenvalue weighted by Crippen LogP contribution is -2.06. The van der Waals surface area contributed by atoms with E-state index in [1.807, 2.05) is 19.2 Å². The van der Waals surface area contributed by atoms with Crippen molar-refractivity contribution >= 4 is 28.6 Å². The Morgan fingerprint density at radius 3 is 3.12 bits per heavy atom. The van der Waals surface area contributed by atoms with Crippen molar-refractivity contribution in [2.45, 2.75) is 25.8 Å².